The fraction of sp³-hybridized carbons (Fsp3) is 0.818. The molecule has 0 radical (unpaired) electrons. The molecule has 1 atom stereocenters. The number of alkyl carbamates (subject to hydrolysis) is 1. The maximum Gasteiger partial charge on any atom is 0.407 e. The lowest BCUT2D eigenvalue weighted by atomic mass is 9.92. The van der Waals surface area contributed by atoms with Crippen molar-refractivity contribution in [3.63, 3.8) is 0 Å². The number of carbonyl (C=O) groups excluding carboxylic acids is 2. The van der Waals surface area contributed by atoms with Crippen LogP contribution in [0, 0.1) is 0 Å². The van der Waals surface area contributed by atoms with Gasteiger partial charge in [0.25, 0.3) is 0 Å². The molecular weight excluding hydrogens is 210 g/mol. The van der Waals surface area contributed by atoms with Crippen LogP contribution >= 0.6 is 0 Å². The molecule has 0 aromatic rings. The third-order valence-electron chi connectivity index (χ3n) is 2.25. The summed E-state index contributed by atoms with van der Waals surface area (Å²) in [6, 6.07) is -0.925. The van der Waals surface area contributed by atoms with Gasteiger partial charge in [0.2, 0.25) is 0 Å². The van der Waals surface area contributed by atoms with E-state index in [4.69, 9.17) is 0 Å². The van der Waals surface area contributed by atoms with Crippen molar-refractivity contribution < 1.29 is 19.4 Å². The predicted octanol–water partition coefficient (Wildman–Crippen LogP) is 1.24. The molecular formula is C11H21NO4. The Hall–Kier alpha value is -1.10. The molecule has 1 amide bonds. The van der Waals surface area contributed by atoms with Crippen molar-refractivity contribution in [2.45, 2.75) is 51.7 Å². The summed E-state index contributed by atoms with van der Waals surface area (Å²) in [4.78, 5) is 22.8. The zero-order valence-electron chi connectivity index (χ0n) is 10.4. The minimum atomic E-state index is -1.29. The molecule has 0 saturated carbocycles. The number of nitrogens with one attached hydrogen (secondary N) is 1. The fourth-order valence-corrected chi connectivity index (χ4v) is 1.32. The summed E-state index contributed by atoms with van der Waals surface area (Å²) in [5.74, 6) is -0.181. The maximum absolute atomic E-state index is 11.8. The third-order valence-corrected chi connectivity index (χ3v) is 2.25. The summed E-state index contributed by atoms with van der Waals surface area (Å²) in [6.07, 6.45) is 1.27. The number of ketones is 1. The Bertz CT molecular complexity index is 245. The highest BCUT2D eigenvalue weighted by Crippen LogP contribution is 2.13. The van der Waals surface area contributed by atoms with Gasteiger partial charge in [0.1, 0.15) is 6.04 Å². The second-order valence-electron chi connectivity index (χ2n) is 4.29. The number of hydrogen-bond donors (Lipinski definition) is 2. The molecule has 0 fully saturated rings. The Morgan fingerprint density at radius 2 is 2.00 bits per heavy atom. The molecule has 2 N–H and O–H groups in total. The Morgan fingerprint density at radius 1 is 1.44 bits per heavy atom. The van der Waals surface area contributed by atoms with Crippen LogP contribution in [0.4, 0.5) is 4.79 Å². The molecule has 0 aliphatic rings. The van der Waals surface area contributed by atoms with Crippen molar-refractivity contribution in [3.8, 4) is 0 Å². The second kappa shape index (κ2) is 6.48. The van der Waals surface area contributed by atoms with Crippen LogP contribution in [-0.4, -0.2) is 35.7 Å². The molecule has 0 spiro atoms. The number of aliphatic hydroxyl groups is 1. The molecule has 0 aliphatic heterocycles. The van der Waals surface area contributed by atoms with E-state index in [2.05, 4.69) is 10.1 Å². The third kappa shape index (κ3) is 5.11. The first-order chi connectivity index (χ1) is 7.32. The molecule has 0 aromatic carbocycles. The minimum Gasteiger partial charge on any atom is -0.453 e. The van der Waals surface area contributed by atoms with Gasteiger partial charge in [-0.15, -0.1) is 0 Å². The van der Waals surface area contributed by atoms with Crippen LogP contribution in [0.15, 0.2) is 0 Å². The highest BCUT2D eigenvalue weighted by molar-refractivity contribution is 5.88. The number of ether oxygens (including phenoxy) is 1. The minimum absolute atomic E-state index is 0.181. The first kappa shape index (κ1) is 14.9. The van der Waals surface area contributed by atoms with E-state index in [0.29, 0.717) is 6.42 Å². The molecule has 0 unspecified atom stereocenters. The van der Waals surface area contributed by atoms with Crippen molar-refractivity contribution in [2.24, 2.45) is 0 Å². The zero-order valence-corrected chi connectivity index (χ0v) is 10.4. The number of methoxy groups -OCH3 is 1. The van der Waals surface area contributed by atoms with Gasteiger partial charge in [0.15, 0.2) is 5.78 Å². The van der Waals surface area contributed by atoms with Gasteiger partial charge in [-0.3, -0.25) is 4.79 Å². The van der Waals surface area contributed by atoms with Gasteiger partial charge < -0.3 is 15.2 Å². The van der Waals surface area contributed by atoms with E-state index in [0.717, 1.165) is 12.8 Å². The van der Waals surface area contributed by atoms with E-state index < -0.39 is 17.7 Å². The van der Waals surface area contributed by atoms with Gasteiger partial charge >= 0.3 is 6.09 Å². The number of hydrogen-bond acceptors (Lipinski definition) is 4. The van der Waals surface area contributed by atoms with E-state index >= 15 is 0 Å². The molecule has 16 heavy (non-hydrogen) atoms. The normalized spacial score (nSPS) is 13.1. The monoisotopic (exact) mass is 231 g/mol. The lowest BCUT2D eigenvalue weighted by molar-refractivity contribution is -0.126. The topological polar surface area (TPSA) is 75.6 Å². The summed E-state index contributed by atoms with van der Waals surface area (Å²) in [5, 5.41) is 12.2. The Balaban J connectivity index is 4.55. The Morgan fingerprint density at radius 3 is 2.38 bits per heavy atom. The van der Waals surface area contributed by atoms with Crippen molar-refractivity contribution in [2.75, 3.05) is 7.11 Å². The number of amides is 1. The SMILES string of the molecule is CCCCC(=O)[C@@H](NC(=O)OC)C(C)(C)O. The van der Waals surface area contributed by atoms with Gasteiger partial charge in [0, 0.05) is 6.42 Å². The number of Topliss-reactive ketones (excluding diaryl/α,β-unsaturated/α-hetero) is 1. The molecule has 0 aliphatic carbocycles. The van der Waals surface area contributed by atoms with Crippen molar-refractivity contribution >= 4 is 11.9 Å². The van der Waals surface area contributed by atoms with Crippen LogP contribution < -0.4 is 5.32 Å². The van der Waals surface area contributed by atoms with Crippen LogP contribution in [0.1, 0.15) is 40.0 Å². The first-order valence-electron chi connectivity index (χ1n) is 5.42. The van der Waals surface area contributed by atoms with Gasteiger partial charge in [-0.2, -0.15) is 0 Å². The summed E-state index contributed by atoms with van der Waals surface area (Å²) in [7, 11) is 1.22. The van der Waals surface area contributed by atoms with E-state index in [1.54, 1.807) is 0 Å². The zero-order chi connectivity index (χ0) is 12.8. The largest absolute Gasteiger partial charge is 0.453 e. The van der Waals surface area contributed by atoms with Gasteiger partial charge in [-0.1, -0.05) is 13.3 Å². The Kier molecular flexibility index (Phi) is 6.03. The quantitative estimate of drug-likeness (QED) is 0.721. The van der Waals surface area contributed by atoms with Crippen LogP contribution in [0.3, 0.4) is 0 Å². The maximum atomic E-state index is 11.8. The van der Waals surface area contributed by atoms with Crippen LogP contribution in [-0.2, 0) is 9.53 Å². The molecule has 5 nitrogen and oxygen atoms in total. The van der Waals surface area contributed by atoms with Gasteiger partial charge in [-0.25, -0.2) is 4.79 Å². The second-order valence-corrected chi connectivity index (χ2v) is 4.29. The van der Waals surface area contributed by atoms with E-state index in [9.17, 15) is 14.7 Å². The molecule has 5 heteroatoms. The predicted molar refractivity (Wildman–Crippen MR) is 60.2 cm³/mol. The van der Waals surface area contributed by atoms with Crippen LogP contribution in [0.25, 0.3) is 0 Å². The van der Waals surface area contributed by atoms with Crippen molar-refractivity contribution in [1.29, 1.82) is 0 Å². The van der Waals surface area contributed by atoms with Gasteiger partial charge in [-0.05, 0) is 20.3 Å². The van der Waals surface area contributed by atoms with Crippen molar-refractivity contribution in [3.05, 3.63) is 0 Å². The average molecular weight is 231 g/mol. The number of unbranched alkanes of at least 4 members (excludes halogenated alkanes) is 1. The summed E-state index contributed by atoms with van der Waals surface area (Å²) in [6.45, 7) is 4.94. The van der Waals surface area contributed by atoms with Gasteiger partial charge in [0.05, 0.1) is 12.7 Å². The fourth-order valence-electron chi connectivity index (χ4n) is 1.32. The number of rotatable bonds is 6. The molecule has 94 valence electrons. The smallest absolute Gasteiger partial charge is 0.407 e. The van der Waals surface area contributed by atoms with E-state index in [-0.39, 0.29) is 5.78 Å². The summed E-state index contributed by atoms with van der Waals surface area (Å²) < 4.78 is 4.42. The lowest BCUT2D eigenvalue weighted by Crippen LogP contribution is -2.54. The summed E-state index contributed by atoms with van der Waals surface area (Å²) in [5.41, 5.74) is -1.29. The molecule has 0 bridgehead atoms. The molecule has 0 saturated heterocycles. The first-order valence-corrected chi connectivity index (χ1v) is 5.42. The highest BCUT2D eigenvalue weighted by atomic mass is 16.5. The van der Waals surface area contributed by atoms with E-state index in [1.807, 2.05) is 6.92 Å². The highest BCUT2D eigenvalue weighted by Gasteiger charge is 2.34. The molecule has 0 rings (SSSR count). The number of carbonyl (C=O) groups is 2. The molecule has 0 aromatic heterocycles. The van der Waals surface area contributed by atoms with Crippen molar-refractivity contribution in [1.82, 2.24) is 5.32 Å². The lowest BCUT2D eigenvalue weighted by Gasteiger charge is -2.28. The van der Waals surface area contributed by atoms with Crippen LogP contribution in [0.2, 0.25) is 0 Å². The van der Waals surface area contributed by atoms with Crippen LogP contribution in [0.5, 0.6) is 0 Å². The molecule has 0 heterocycles. The standard InChI is InChI=1S/C11H21NO4/c1-5-6-7-8(13)9(11(2,3)15)12-10(14)16-4/h9,15H,5-7H2,1-4H3,(H,12,14)/t9-/m1/s1. The van der Waals surface area contributed by atoms with E-state index in [1.165, 1.54) is 21.0 Å². The average Bonchev–Trinajstić information content (AvgIpc) is 2.20. The summed E-state index contributed by atoms with van der Waals surface area (Å²) >= 11 is 0. The Labute approximate surface area is 96.2 Å².